The predicted octanol–water partition coefficient (Wildman–Crippen LogP) is 2.22. The van der Waals surface area contributed by atoms with Crippen molar-refractivity contribution in [1.29, 1.82) is 0 Å². The third kappa shape index (κ3) is 2.52. The molecule has 4 rings (SSSR count). The van der Waals surface area contributed by atoms with Crippen LogP contribution in [0.4, 0.5) is 0 Å². The van der Waals surface area contributed by atoms with E-state index in [1.54, 1.807) is 4.90 Å². The molecular weight excluding hydrogens is 330 g/mol. The van der Waals surface area contributed by atoms with Crippen LogP contribution in [-0.4, -0.2) is 26.9 Å². The van der Waals surface area contributed by atoms with Crippen molar-refractivity contribution in [2.45, 2.75) is 38.1 Å². The molecule has 1 saturated heterocycles. The lowest BCUT2D eigenvalue weighted by molar-refractivity contribution is -0.0771. The van der Waals surface area contributed by atoms with Crippen LogP contribution in [0.3, 0.4) is 0 Å². The highest BCUT2D eigenvalue weighted by Gasteiger charge is 2.55. The van der Waals surface area contributed by atoms with E-state index in [1.807, 2.05) is 18.2 Å². The first-order valence-electron chi connectivity index (χ1n) is 9.18. The minimum Gasteiger partial charge on any atom is -0.330 e. The maximum atomic E-state index is 13.1. The van der Waals surface area contributed by atoms with Crippen LogP contribution in [0.25, 0.3) is 0 Å². The predicted molar refractivity (Wildman–Crippen MR) is 98.0 cm³/mol. The monoisotopic (exact) mass is 353 g/mol. The number of nitrogens with zero attached hydrogens (tertiary/aromatic N) is 2. The number of aromatic nitrogens is 2. The van der Waals surface area contributed by atoms with Gasteiger partial charge < -0.3 is 9.88 Å². The number of carbonyl (C=O) groups is 1. The minimum absolute atomic E-state index is 0.00636. The molecule has 2 aromatic rings. The second kappa shape index (κ2) is 6.27. The van der Waals surface area contributed by atoms with Crippen LogP contribution in [0.5, 0.6) is 0 Å². The molecule has 0 unspecified atom stereocenters. The third-order valence-electron chi connectivity index (χ3n) is 6.01. The average Bonchev–Trinajstić information content (AvgIpc) is 2.65. The number of likely N-dealkylation sites (tertiary alicyclic amines) is 1. The van der Waals surface area contributed by atoms with Crippen molar-refractivity contribution in [3.63, 3.8) is 0 Å². The van der Waals surface area contributed by atoms with E-state index in [-0.39, 0.29) is 22.9 Å². The minimum atomic E-state index is -0.546. The lowest BCUT2D eigenvalue weighted by Gasteiger charge is -2.59. The van der Waals surface area contributed by atoms with Gasteiger partial charge in [-0.05, 0) is 18.4 Å². The summed E-state index contributed by atoms with van der Waals surface area (Å²) in [6.07, 6.45) is 7.09. The molecule has 1 aromatic carbocycles. The van der Waals surface area contributed by atoms with E-state index >= 15 is 0 Å². The molecule has 0 radical (unpaired) electrons. The first kappa shape index (κ1) is 16.8. The van der Waals surface area contributed by atoms with E-state index in [0.717, 1.165) is 23.0 Å². The van der Waals surface area contributed by atoms with E-state index in [4.69, 9.17) is 0 Å². The maximum absolute atomic E-state index is 13.1. The Balaban J connectivity index is 1.72. The van der Waals surface area contributed by atoms with E-state index in [0.29, 0.717) is 6.54 Å². The molecule has 1 aliphatic heterocycles. The highest BCUT2D eigenvalue weighted by atomic mass is 16.2. The fraction of sp³-hybridized carbons (Fsp3) is 0.450. The van der Waals surface area contributed by atoms with Crippen LogP contribution in [0.1, 0.15) is 54.1 Å². The summed E-state index contributed by atoms with van der Waals surface area (Å²) in [5, 5.41) is 0. The molecule has 1 spiro atoms. The Hall–Kier alpha value is -2.63. The molecule has 1 N–H and O–H groups in total. The first-order chi connectivity index (χ1) is 12.5. The van der Waals surface area contributed by atoms with Crippen molar-refractivity contribution < 1.29 is 4.79 Å². The number of hydrogen-bond donors (Lipinski definition) is 1. The van der Waals surface area contributed by atoms with E-state index in [2.05, 4.69) is 17.1 Å². The van der Waals surface area contributed by atoms with Crippen LogP contribution in [0, 0.1) is 5.41 Å². The van der Waals surface area contributed by atoms with Gasteiger partial charge in [-0.15, -0.1) is 0 Å². The summed E-state index contributed by atoms with van der Waals surface area (Å²) in [4.78, 5) is 41.4. The van der Waals surface area contributed by atoms with Gasteiger partial charge in [0.05, 0.1) is 6.04 Å². The standard InChI is InChI=1S/C20H23N3O3/c1-22-17(24)15(12-21-19(22)26)18(25)23-13-20(10-6-3-7-11-20)16(23)14-8-4-2-5-9-14/h2,4-5,8-9,12,16H,3,6-7,10-11,13H2,1H3,(H,21,26)/t16-/m1/s1. The molecule has 1 aliphatic carbocycles. The van der Waals surface area contributed by atoms with Crippen molar-refractivity contribution in [1.82, 2.24) is 14.5 Å². The van der Waals surface area contributed by atoms with Crippen molar-refractivity contribution in [3.8, 4) is 0 Å². The normalized spacial score (nSPS) is 21.4. The summed E-state index contributed by atoms with van der Waals surface area (Å²) in [6.45, 7) is 0.674. The smallest absolute Gasteiger partial charge is 0.328 e. The van der Waals surface area contributed by atoms with Crippen molar-refractivity contribution in [3.05, 3.63) is 68.5 Å². The number of aromatic amines is 1. The fourth-order valence-corrected chi connectivity index (χ4v) is 4.65. The maximum Gasteiger partial charge on any atom is 0.328 e. The van der Waals surface area contributed by atoms with Gasteiger partial charge >= 0.3 is 5.69 Å². The Morgan fingerprint density at radius 1 is 1.12 bits per heavy atom. The van der Waals surface area contributed by atoms with Gasteiger partial charge in [-0.2, -0.15) is 0 Å². The molecule has 6 heteroatoms. The number of carbonyl (C=O) groups excluding carboxylic acids is 1. The molecule has 2 fully saturated rings. The van der Waals surface area contributed by atoms with Gasteiger partial charge in [0.2, 0.25) is 0 Å². The molecule has 6 nitrogen and oxygen atoms in total. The fourth-order valence-electron chi connectivity index (χ4n) is 4.65. The lowest BCUT2D eigenvalue weighted by atomic mass is 9.61. The van der Waals surface area contributed by atoms with Crippen LogP contribution < -0.4 is 11.2 Å². The molecule has 1 atom stereocenters. The highest BCUT2D eigenvalue weighted by molar-refractivity contribution is 5.94. The first-order valence-corrected chi connectivity index (χ1v) is 9.18. The summed E-state index contributed by atoms with van der Waals surface area (Å²) < 4.78 is 0.945. The Morgan fingerprint density at radius 2 is 1.81 bits per heavy atom. The summed E-state index contributed by atoms with van der Waals surface area (Å²) in [7, 11) is 1.38. The topological polar surface area (TPSA) is 75.2 Å². The molecule has 2 aliphatic rings. The van der Waals surface area contributed by atoms with Crippen LogP contribution in [0.2, 0.25) is 0 Å². The van der Waals surface area contributed by atoms with Gasteiger partial charge in [0, 0.05) is 25.2 Å². The summed E-state index contributed by atoms with van der Waals surface area (Å²) >= 11 is 0. The second-order valence-corrected chi connectivity index (χ2v) is 7.54. The molecule has 26 heavy (non-hydrogen) atoms. The third-order valence-corrected chi connectivity index (χ3v) is 6.01. The SMILES string of the molecule is Cn1c(=O)[nH]cc(C(=O)N2CC3(CCCCC3)[C@H]2c2ccccc2)c1=O. The highest BCUT2D eigenvalue weighted by Crippen LogP contribution is 2.57. The average molecular weight is 353 g/mol. The largest absolute Gasteiger partial charge is 0.330 e. The number of H-pyrrole nitrogens is 1. The van der Waals surface area contributed by atoms with Crippen LogP contribution in [0.15, 0.2) is 46.1 Å². The Bertz CT molecular complexity index is 939. The van der Waals surface area contributed by atoms with Gasteiger partial charge in [0.25, 0.3) is 11.5 Å². The molecule has 2 heterocycles. The van der Waals surface area contributed by atoms with Crippen molar-refractivity contribution >= 4 is 5.91 Å². The zero-order chi connectivity index (χ0) is 18.3. The van der Waals surface area contributed by atoms with E-state index < -0.39 is 11.2 Å². The number of hydrogen-bond acceptors (Lipinski definition) is 3. The quantitative estimate of drug-likeness (QED) is 0.899. The number of nitrogens with one attached hydrogen (secondary N) is 1. The number of rotatable bonds is 2. The molecule has 136 valence electrons. The molecule has 1 saturated carbocycles. The number of benzene rings is 1. The molecular formula is C20H23N3O3. The van der Waals surface area contributed by atoms with E-state index in [9.17, 15) is 14.4 Å². The van der Waals surface area contributed by atoms with Crippen LogP contribution >= 0.6 is 0 Å². The second-order valence-electron chi connectivity index (χ2n) is 7.54. The van der Waals surface area contributed by atoms with Gasteiger partial charge in [-0.25, -0.2) is 4.79 Å². The molecule has 1 amide bonds. The Morgan fingerprint density at radius 3 is 2.50 bits per heavy atom. The zero-order valence-corrected chi connectivity index (χ0v) is 14.9. The van der Waals surface area contributed by atoms with Crippen LogP contribution in [-0.2, 0) is 7.05 Å². The Kier molecular flexibility index (Phi) is 4.05. The molecule has 1 aromatic heterocycles. The van der Waals surface area contributed by atoms with E-state index in [1.165, 1.54) is 32.5 Å². The van der Waals surface area contributed by atoms with Gasteiger partial charge in [-0.1, -0.05) is 49.6 Å². The van der Waals surface area contributed by atoms with Crippen molar-refractivity contribution in [2.24, 2.45) is 12.5 Å². The summed E-state index contributed by atoms with van der Waals surface area (Å²) in [5.41, 5.74) is 0.200. The number of amides is 1. The lowest BCUT2D eigenvalue weighted by Crippen LogP contribution is -2.61. The zero-order valence-electron chi connectivity index (χ0n) is 14.9. The van der Waals surface area contributed by atoms with Gasteiger partial charge in [0.15, 0.2) is 0 Å². The van der Waals surface area contributed by atoms with Gasteiger partial charge in [0.1, 0.15) is 5.56 Å². The van der Waals surface area contributed by atoms with Gasteiger partial charge in [-0.3, -0.25) is 14.2 Å². The summed E-state index contributed by atoms with van der Waals surface area (Å²) in [6, 6.07) is 10.1. The van der Waals surface area contributed by atoms with Crippen molar-refractivity contribution in [2.75, 3.05) is 6.54 Å². The Labute approximate surface area is 151 Å². The summed E-state index contributed by atoms with van der Waals surface area (Å²) in [5.74, 6) is -0.299. The molecule has 0 bridgehead atoms.